The summed E-state index contributed by atoms with van der Waals surface area (Å²) in [5.74, 6) is 0.499. The van der Waals surface area contributed by atoms with Crippen LogP contribution in [0.2, 0.25) is 0 Å². The molecular weight excluding hydrogens is 377 g/mol. The summed E-state index contributed by atoms with van der Waals surface area (Å²) in [6, 6.07) is 9.90. The molecule has 118 valence electrons. The Kier molecular flexibility index (Phi) is 8.03. The molecule has 0 bridgehead atoms. The van der Waals surface area contributed by atoms with Gasteiger partial charge in [-0.2, -0.15) is 0 Å². The summed E-state index contributed by atoms with van der Waals surface area (Å²) >= 11 is 0. The van der Waals surface area contributed by atoms with Crippen molar-refractivity contribution in [3.63, 3.8) is 0 Å². The van der Waals surface area contributed by atoms with Crippen LogP contribution in [0, 0.1) is 5.41 Å². The van der Waals surface area contributed by atoms with Gasteiger partial charge in [0, 0.05) is 25.4 Å². The van der Waals surface area contributed by atoms with Crippen LogP contribution < -0.4 is 11.1 Å². The molecule has 0 radical (unpaired) electrons. The average Bonchev–Trinajstić information content (AvgIpc) is 2.42. The van der Waals surface area contributed by atoms with Gasteiger partial charge in [-0.3, -0.25) is 4.99 Å². The van der Waals surface area contributed by atoms with Gasteiger partial charge in [-0.25, -0.2) is 0 Å². The zero-order valence-electron chi connectivity index (χ0n) is 12.7. The van der Waals surface area contributed by atoms with Gasteiger partial charge in [0.1, 0.15) is 0 Å². The van der Waals surface area contributed by atoms with Crippen LogP contribution >= 0.6 is 24.0 Å². The lowest BCUT2D eigenvalue weighted by molar-refractivity contribution is 0.0610. The topological polar surface area (TPSA) is 59.6 Å². The van der Waals surface area contributed by atoms with E-state index in [1.165, 1.54) is 19.3 Å². The number of hydrogen-bond donors (Lipinski definition) is 2. The number of nitrogens with zero attached hydrogens (tertiary/aromatic N) is 1. The van der Waals surface area contributed by atoms with Crippen LogP contribution in [0.4, 0.5) is 5.69 Å². The normalized spacial score (nSPS) is 16.7. The molecule has 2 rings (SSSR count). The number of benzene rings is 1. The first-order chi connectivity index (χ1) is 9.74. The number of nitrogens with one attached hydrogen (secondary N) is 1. The number of guanidine groups is 1. The van der Waals surface area contributed by atoms with Crippen molar-refractivity contribution in [1.82, 2.24) is 0 Å². The third-order valence-corrected chi connectivity index (χ3v) is 4.03. The average molecular weight is 403 g/mol. The Balaban J connectivity index is 0.00000220. The lowest BCUT2D eigenvalue weighted by Gasteiger charge is -2.40. The number of nitrogens with two attached hydrogens (primary N) is 1. The fraction of sp³-hybridized carbons (Fsp3) is 0.562. The third kappa shape index (κ3) is 5.82. The van der Waals surface area contributed by atoms with Gasteiger partial charge in [0.15, 0.2) is 5.96 Å². The van der Waals surface area contributed by atoms with Crippen molar-refractivity contribution in [3.05, 3.63) is 30.3 Å². The van der Waals surface area contributed by atoms with Gasteiger partial charge in [-0.05, 0) is 43.7 Å². The molecule has 0 unspecified atom stereocenters. The Labute approximate surface area is 144 Å². The number of rotatable bonds is 7. The predicted molar refractivity (Wildman–Crippen MR) is 99.4 cm³/mol. The highest BCUT2D eigenvalue weighted by Crippen LogP contribution is 2.44. The predicted octanol–water partition coefficient (Wildman–Crippen LogP) is 3.63. The Hall–Kier alpha value is -0.820. The minimum Gasteiger partial charge on any atom is -0.382 e. The van der Waals surface area contributed by atoms with Crippen molar-refractivity contribution in [2.45, 2.75) is 32.6 Å². The summed E-state index contributed by atoms with van der Waals surface area (Å²) in [5.41, 5.74) is 7.25. The van der Waals surface area contributed by atoms with Crippen LogP contribution in [-0.2, 0) is 4.74 Å². The third-order valence-electron chi connectivity index (χ3n) is 4.03. The van der Waals surface area contributed by atoms with Crippen LogP contribution in [0.15, 0.2) is 35.3 Å². The Morgan fingerprint density at radius 2 is 2.05 bits per heavy atom. The molecule has 0 aromatic heterocycles. The van der Waals surface area contributed by atoms with E-state index in [0.717, 1.165) is 31.9 Å². The summed E-state index contributed by atoms with van der Waals surface area (Å²) in [7, 11) is 0. The van der Waals surface area contributed by atoms with Gasteiger partial charge in [0.2, 0.25) is 0 Å². The van der Waals surface area contributed by atoms with Crippen LogP contribution in [0.5, 0.6) is 0 Å². The SMILES string of the molecule is CCOCCC1(CN=C(N)Nc2ccccc2)CCC1.I. The van der Waals surface area contributed by atoms with E-state index in [2.05, 4.69) is 10.3 Å². The molecule has 1 fully saturated rings. The number of ether oxygens (including phenoxy) is 1. The molecule has 0 aliphatic heterocycles. The maximum Gasteiger partial charge on any atom is 0.193 e. The number of aliphatic imine (C=N–C) groups is 1. The Morgan fingerprint density at radius 3 is 2.62 bits per heavy atom. The van der Waals surface area contributed by atoms with Gasteiger partial charge < -0.3 is 15.8 Å². The van der Waals surface area contributed by atoms with Crippen LogP contribution in [0.3, 0.4) is 0 Å². The van der Waals surface area contributed by atoms with Crippen molar-refractivity contribution >= 4 is 35.6 Å². The minimum absolute atomic E-state index is 0. The lowest BCUT2D eigenvalue weighted by Crippen LogP contribution is -2.35. The van der Waals surface area contributed by atoms with Gasteiger partial charge in [-0.1, -0.05) is 24.6 Å². The highest BCUT2D eigenvalue weighted by atomic mass is 127. The molecule has 1 aromatic rings. The van der Waals surface area contributed by atoms with E-state index in [9.17, 15) is 0 Å². The molecule has 0 heterocycles. The Bertz CT molecular complexity index is 432. The Morgan fingerprint density at radius 1 is 1.33 bits per heavy atom. The molecule has 0 atom stereocenters. The highest BCUT2D eigenvalue weighted by molar-refractivity contribution is 14.0. The summed E-state index contributed by atoms with van der Waals surface area (Å²) in [4.78, 5) is 4.52. The van der Waals surface area contributed by atoms with E-state index in [-0.39, 0.29) is 24.0 Å². The monoisotopic (exact) mass is 403 g/mol. The smallest absolute Gasteiger partial charge is 0.193 e. The molecule has 1 aliphatic carbocycles. The second-order valence-corrected chi connectivity index (χ2v) is 5.49. The lowest BCUT2D eigenvalue weighted by atomic mass is 9.67. The molecule has 0 amide bonds. The molecular formula is C16H26IN3O. The maximum atomic E-state index is 5.95. The molecule has 0 saturated heterocycles. The number of para-hydroxylation sites is 1. The van der Waals surface area contributed by atoms with Crippen molar-refractivity contribution in [2.75, 3.05) is 25.1 Å². The second kappa shape index (κ2) is 9.25. The summed E-state index contributed by atoms with van der Waals surface area (Å²) in [5, 5.41) is 3.13. The summed E-state index contributed by atoms with van der Waals surface area (Å²) in [6.45, 7) is 4.45. The minimum atomic E-state index is 0. The first-order valence-electron chi connectivity index (χ1n) is 7.44. The van der Waals surface area contributed by atoms with Gasteiger partial charge in [0.05, 0.1) is 0 Å². The largest absolute Gasteiger partial charge is 0.382 e. The number of hydrogen-bond acceptors (Lipinski definition) is 2. The molecule has 1 aromatic carbocycles. The first kappa shape index (κ1) is 18.2. The maximum absolute atomic E-state index is 5.95. The van der Waals surface area contributed by atoms with Crippen LogP contribution in [0.1, 0.15) is 32.6 Å². The van der Waals surface area contributed by atoms with Crippen molar-refractivity contribution in [3.8, 4) is 0 Å². The van der Waals surface area contributed by atoms with E-state index in [4.69, 9.17) is 10.5 Å². The van der Waals surface area contributed by atoms with Gasteiger partial charge in [0.25, 0.3) is 0 Å². The second-order valence-electron chi connectivity index (χ2n) is 5.49. The fourth-order valence-electron chi connectivity index (χ4n) is 2.56. The van der Waals surface area contributed by atoms with Crippen molar-refractivity contribution in [1.29, 1.82) is 0 Å². The van der Waals surface area contributed by atoms with E-state index < -0.39 is 0 Å². The van der Waals surface area contributed by atoms with E-state index in [1.54, 1.807) is 0 Å². The molecule has 21 heavy (non-hydrogen) atoms. The van der Waals surface area contributed by atoms with E-state index >= 15 is 0 Å². The van der Waals surface area contributed by atoms with E-state index in [0.29, 0.717) is 11.4 Å². The number of halogens is 1. The fourth-order valence-corrected chi connectivity index (χ4v) is 2.56. The van der Waals surface area contributed by atoms with Crippen molar-refractivity contribution in [2.24, 2.45) is 16.1 Å². The van der Waals surface area contributed by atoms with Crippen LogP contribution in [0.25, 0.3) is 0 Å². The zero-order valence-corrected chi connectivity index (χ0v) is 15.0. The molecule has 5 heteroatoms. The van der Waals surface area contributed by atoms with E-state index in [1.807, 2.05) is 37.3 Å². The molecule has 3 N–H and O–H groups in total. The first-order valence-corrected chi connectivity index (χ1v) is 7.44. The quantitative estimate of drug-likeness (QED) is 0.316. The van der Waals surface area contributed by atoms with Crippen molar-refractivity contribution < 1.29 is 4.74 Å². The van der Waals surface area contributed by atoms with Crippen LogP contribution in [-0.4, -0.2) is 25.7 Å². The molecule has 1 aliphatic rings. The molecule has 0 spiro atoms. The summed E-state index contributed by atoms with van der Waals surface area (Å²) < 4.78 is 5.47. The summed E-state index contributed by atoms with van der Waals surface area (Å²) in [6.07, 6.45) is 4.86. The standard InChI is InChI=1S/C16H25N3O.HI/c1-2-20-12-11-16(9-6-10-16)13-18-15(17)19-14-7-4-3-5-8-14;/h3-5,7-8H,2,6,9-13H2,1H3,(H3,17,18,19);1H. The highest BCUT2D eigenvalue weighted by Gasteiger charge is 2.36. The van der Waals surface area contributed by atoms with Gasteiger partial charge in [-0.15, -0.1) is 24.0 Å². The molecule has 1 saturated carbocycles. The zero-order chi connectivity index (χ0) is 14.3. The molecule has 4 nitrogen and oxygen atoms in total. The number of anilines is 1. The van der Waals surface area contributed by atoms with Gasteiger partial charge >= 0.3 is 0 Å².